The second kappa shape index (κ2) is 9.00. The maximum absolute atomic E-state index is 12.9. The zero-order valence-corrected chi connectivity index (χ0v) is 18.7. The van der Waals surface area contributed by atoms with Crippen LogP contribution in [0.5, 0.6) is 5.75 Å². The van der Waals surface area contributed by atoms with Crippen molar-refractivity contribution < 1.29 is 14.3 Å². The summed E-state index contributed by atoms with van der Waals surface area (Å²) in [4.78, 5) is 27.1. The standard InChI is InChI=1S/C25H20ClNO3S/c1-16-6-5-9-22(17(16)2)27-24(28)23(31-25(27)29)14-18-10-12-20(13-11-18)30-15-19-7-3-4-8-21(19)26/h3-14H,15H2,1-2H3/b23-14-. The number of rotatable bonds is 5. The summed E-state index contributed by atoms with van der Waals surface area (Å²) in [6.07, 6.45) is 1.73. The van der Waals surface area contributed by atoms with Gasteiger partial charge in [-0.05, 0) is 72.6 Å². The average molecular weight is 450 g/mol. The van der Waals surface area contributed by atoms with Gasteiger partial charge in [0.2, 0.25) is 0 Å². The Morgan fingerprint density at radius 1 is 0.968 bits per heavy atom. The first-order valence-corrected chi connectivity index (χ1v) is 10.9. The molecular formula is C25H20ClNO3S. The van der Waals surface area contributed by atoms with Crippen LogP contribution < -0.4 is 9.64 Å². The van der Waals surface area contributed by atoms with E-state index in [1.807, 2.05) is 74.5 Å². The Kier molecular flexibility index (Phi) is 6.16. The van der Waals surface area contributed by atoms with Crippen LogP contribution in [-0.2, 0) is 11.4 Å². The van der Waals surface area contributed by atoms with Gasteiger partial charge in [-0.15, -0.1) is 0 Å². The molecule has 0 unspecified atom stereocenters. The molecule has 0 saturated carbocycles. The summed E-state index contributed by atoms with van der Waals surface area (Å²) in [5.74, 6) is 0.392. The first-order valence-electron chi connectivity index (χ1n) is 9.74. The summed E-state index contributed by atoms with van der Waals surface area (Å²) in [5.41, 5.74) is 4.32. The van der Waals surface area contributed by atoms with Gasteiger partial charge >= 0.3 is 0 Å². The number of hydrogen-bond donors (Lipinski definition) is 0. The number of thioether (sulfide) groups is 1. The number of hydrogen-bond acceptors (Lipinski definition) is 4. The molecule has 1 aliphatic heterocycles. The van der Waals surface area contributed by atoms with E-state index in [0.717, 1.165) is 34.0 Å². The fourth-order valence-electron chi connectivity index (χ4n) is 3.24. The quantitative estimate of drug-likeness (QED) is 0.403. The maximum atomic E-state index is 12.9. The molecule has 0 aromatic heterocycles. The molecule has 0 radical (unpaired) electrons. The molecule has 1 aliphatic rings. The minimum atomic E-state index is -0.303. The van der Waals surface area contributed by atoms with Gasteiger partial charge in [0.1, 0.15) is 12.4 Å². The predicted octanol–water partition coefficient (Wildman–Crippen LogP) is 6.78. The van der Waals surface area contributed by atoms with E-state index in [2.05, 4.69) is 0 Å². The molecule has 0 aliphatic carbocycles. The van der Waals surface area contributed by atoms with Gasteiger partial charge in [0.05, 0.1) is 10.6 Å². The van der Waals surface area contributed by atoms with Crippen molar-refractivity contribution in [3.8, 4) is 5.75 Å². The van der Waals surface area contributed by atoms with Crippen LogP contribution in [0.1, 0.15) is 22.3 Å². The Hall–Kier alpha value is -3.02. The van der Waals surface area contributed by atoms with Crippen molar-refractivity contribution in [1.82, 2.24) is 0 Å². The van der Waals surface area contributed by atoms with E-state index >= 15 is 0 Å². The fourth-order valence-corrected chi connectivity index (χ4v) is 4.27. The minimum absolute atomic E-state index is 0.287. The largest absolute Gasteiger partial charge is 0.489 e. The number of imide groups is 1. The number of aryl methyl sites for hydroxylation is 1. The smallest absolute Gasteiger partial charge is 0.298 e. The molecule has 1 saturated heterocycles. The summed E-state index contributed by atoms with van der Waals surface area (Å²) in [6.45, 7) is 4.25. The summed E-state index contributed by atoms with van der Waals surface area (Å²) < 4.78 is 5.80. The number of halogens is 1. The molecule has 1 fully saturated rings. The van der Waals surface area contributed by atoms with E-state index in [0.29, 0.717) is 28.0 Å². The number of nitrogens with zero attached hydrogens (tertiary/aromatic N) is 1. The van der Waals surface area contributed by atoms with Crippen LogP contribution in [0.3, 0.4) is 0 Å². The number of anilines is 1. The van der Waals surface area contributed by atoms with E-state index in [4.69, 9.17) is 16.3 Å². The molecule has 31 heavy (non-hydrogen) atoms. The van der Waals surface area contributed by atoms with Gasteiger partial charge in [-0.1, -0.05) is 54.1 Å². The van der Waals surface area contributed by atoms with E-state index in [-0.39, 0.29) is 11.1 Å². The lowest BCUT2D eigenvalue weighted by Gasteiger charge is -2.16. The van der Waals surface area contributed by atoms with Gasteiger partial charge in [-0.25, -0.2) is 4.90 Å². The molecule has 2 amide bonds. The number of carbonyl (C=O) groups is 2. The molecule has 0 bridgehead atoms. The van der Waals surface area contributed by atoms with Crippen molar-refractivity contribution in [3.05, 3.63) is 98.9 Å². The zero-order chi connectivity index (χ0) is 22.0. The van der Waals surface area contributed by atoms with Gasteiger partial charge in [-0.2, -0.15) is 0 Å². The van der Waals surface area contributed by atoms with Gasteiger partial charge in [0.15, 0.2) is 0 Å². The summed E-state index contributed by atoms with van der Waals surface area (Å²) in [6, 6.07) is 20.5. The first-order chi connectivity index (χ1) is 14.9. The number of amides is 2. The number of carbonyl (C=O) groups excluding carboxylic acids is 2. The summed E-state index contributed by atoms with van der Waals surface area (Å²) in [5, 5.41) is 0.378. The average Bonchev–Trinajstić information content (AvgIpc) is 3.03. The van der Waals surface area contributed by atoms with Crippen LogP contribution in [-0.4, -0.2) is 11.1 Å². The molecule has 6 heteroatoms. The molecular weight excluding hydrogens is 430 g/mol. The van der Waals surface area contributed by atoms with Crippen LogP contribution in [0.2, 0.25) is 5.02 Å². The van der Waals surface area contributed by atoms with Crippen molar-refractivity contribution in [2.24, 2.45) is 0 Å². The number of ether oxygens (including phenoxy) is 1. The molecule has 0 atom stereocenters. The highest BCUT2D eigenvalue weighted by Gasteiger charge is 2.37. The Morgan fingerprint density at radius 2 is 1.71 bits per heavy atom. The van der Waals surface area contributed by atoms with E-state index in [9.17, 15) is 9.59 Å². The molecule has 3 aromatic carbocycles. The summed E-state index contributed by atoms with van der Waals surface area (Å²) >= 11 is 7.11. The molecule has 1 heterocycles. The Balaban J connectivity index is 1.49. The van der Waals surface area contributed by atoms with Crippen molar-refractivity contribution in [3.63, 3.8) is 0 Å². The van der Waals surface area contributed by atoms with Crippen LogP contribution in [0.4, 0.5) is 10.5 Å². The Labute approximate surface area is 190 Å². The Bertz CT molecular complexity index is 1190. The molecule has 156 valence electrons. The third-order valence-corrected chi connectivity index (χ3v) is 6.38. The lowest BCUT2D eigenvalue weighted by atomic mass is 10.1. The predicted molar refractivity (Wildman–Crippen MR) is 127 cm³/mol. The van der Waals surface area contributed by atoms with E-state index in [1.54, 1.807) is 12.1 Å². The zero-order valence-electron chi connectivity index (χ0n) is 17.1. The summed E-state index contributed by atoms with van der Waals surface area (Å²) in [7, 11) is 0. The van der Waals surface area contributed by atoms with Crippen LogP contribution >= 0.6 is 23.4 Å². The highest BCUT2D eigenvalue weighted by Crippen LogP contribution is 2.37. The maximum Gasteiger partial charge on any atom is 0.298 e. The van der Waals surface area contributed by atoms with Crippen LogP contribution in [0.15, 0.2) is 71.6 Å². The highest BCUT2D eigenvalue weighted by molar-refractivity contribution is 8.19. The fraction of sp³-hybridized carbons (Fsp3) is 0.120. The van der Waals surface area contributed by atoms with Gasteiger partial charge in [0.25, 0.3) is 11.1 Å². The second-order valence-corrected chi connectivity index (χ2v) is 8.59. The molecule has 3 aromatic rings. The normalized spacial score (nSPS) is 15.1. The lowest BCUT2D eigenvalue weighted by molar-refractivity contribution is -0.113. The molecule has 0 N–H and O–H groups in total. The Morgan fingerprint density at radius 3 is 2.45 bits per heavy atom. The van der Waals surface area contributed by atoms with Crippen molar-refractivity contribution in [1.29, 1.82) is 0 Å². The van der Waals surface area contributed by atoms with Gasteiger partial charge in [0, 0.05) is 10.6 Å². The second-order valence-electron chi connectivity index (χ2n) is 7.19. The number of benzene rings is 3. The van der Waals surface area contributed by atoms with Crippen molar-refractivity contribution in [2.75, 3.05) is 4.90 Å². The topological polar surface area (TPSA) is 46.6 Å². The SMILES string of the molecule is Cc1cccc(N2C(=O)S/C(=C\c3ccc(OCc4ccccc4Cl)cc3)C2=O)c1C. The first kappa shape index (κ1) is 21.2. The van der Waals surface area contributed by atoms with E-state index in [1.165, 1.54) is 4.90 Å². The molecule has 0 spiro atoms. The van der Waals surface area contributed by atoms with Gasteiger partial charge in [-0.3, -0.25) is 9.59 Å². The lowest BCUT2D eigenvalue weighted by Crippen LogP contribution is -2.28. The highest BCUT2D eigenvalue weighted by atomic mass is 35.5. The monoisotopic (exact) mass is 449 g/mol. The van der Waals surface area contributed by atoms with Crippen LogP contribution in [0.25, 0.3) is 6.08 Å². The molecule has 4 rings (SSSR count). The van der Waals surface area contributed by atoms with Crippen molar-refractivity contribution >= 4 is 46.3 Å². The van der Waals surface area contributed by atoms with Gasteiger partial charge < -0.3 is 4.74 Å². The minimum Gasteiger partial charge on any atom is -0.489 e. The third kappa shape index (κ3) is 4.53. The van der Waals surface area contributed by atoms with Crippen molar-refractivity contribution in [2.45, 2.75) is 20.5 Å². The van der Waals surface area contributed by atoms with Crippen LogP contribution in [0, 0.1) is 13.8 Å². The third-order valence-electron chi connectivity index (χ3n) is 5.14. The molecule has 4 nitrogen and oxygen atoms in total. The van der Waals surface area contributed by atoms with E-state index < -0.39 is 0 Å².